The summed E-state index contributed by atoms with van der Waals surface area (Å²) in [6.07, 6.45) is 1.21. The van der Waals surface area contributed by atoms with E-state index in [4.69, 9.17) is 5.73 Å². The summed E-state index contributed by atoms with van der Waals surface area (Å²) < 4.78 is 0. The first-order valence-corrected chi connectivity index (χ1v) is 3.26. The lowest BCUT2D eigenvalue weighted by Crippen LogP contribution is -2.15. The minimum absolute atomic E-state index is 0.147. The van der Waals surface area contributed by atoms with Gasteiger partial charge in [-0.2, -0.15) is 0 Å². The van der Waals surface area contributed by atoms with Crippen molar-refractivity contribution in [3.05, 3.63) is 0 Å². The van der Waals surface area contributed by atoms with Crippen molar-refractivity contribution in [1.82, 2.24) is 5.73 Å². The molecule has 3 heteroatoms. The van der Waals surface area contributed by atoms with E-state index in [1.165, 1.54) is 0 Å². The molecule has 0 aliphatic carbocycles. The van der Waals surface area contributed by atoms with Crippen LogP contribution >= 0.6 is 0 Å². The zero-order valence-corrected chi connectivity index (χ0v) is 6.20. The maximum atomic E-state index is 10.2. The van der Waals surface area contributed by atoms with E-state index in [2.05, 4.69) is 0 Å². The van der Waals surface area contributed by atoms with Crippen molar-refractivity contribution in [1.29, 1.82) is 0 Å². The Morgan fingerprint density at radius 3 is 2.40 bits per heavy atom. The Balaban J connectivity index is 3.67. The molecule has 56 valence electrons. The van der Waals surface area contributed by atoms with Gasteiger partial charge in [0.1, 0.15) is 6.29 Å². The molecular weight excluding hydrogens is 130 g/mol. The van der Waals surface area contributed by atoms with E-state index in [9.17, 15) is 9.59 Å². The van der Waals surface area contributed by atoms with Gasteiger partial charge in [-0.05, 0) is 6.42 Å². The van der Waals surface area contributed by atoms with E-state index in [0.29, 0.717) is 6.42 Å². The van der Waals surface area contributed by atoms with Crippen LogP contribution in [-0.2, 0) is 9.59 Å². The van der Waals surface area contributed by atoms with Gasteiger partial charge in [0.2, 0.25) is 0 Å². The maximum Gasteiger partial charge on any atom is 0.267 e. The molecule has 0 bridgehead atoms. The number of rotatable bonds is 4. The van der Waals surface area contributed by atoms with Crippen LogP contribution in [0.2, 0.25) is 0 Å². The highest BCUT2D eigenvalue weighted by Gasteiger charge is 2.13. The first-order chi connectivity index (χ1) is 4.57. The minimum atomic E-state index is -0.839. The number of hydrogen-bond donors (Lipinski definition) is 0. The first-order valence-electron chi connectivity index (χ1n) is 3.26. The summed E-state index contributed by atoms with van der Waals surface area (Å²) in [7, 11) is 0. The fourth-order valence-corrected chi connectivity index (χ4v) is 0.714. The zero-order chi connectivity index (χ0) is 8.15. The topological polar surface area (TPSA) is 56.4 Å². The molecule has 0 aliphatic rings. The summed E-state index contributed by atoms with van der Waals surface area (Å²) in [6.45, 7) is 3.31. The van der Waals surface area contributed by atoms with Crippen LogP contribution in [0.25, 0.3) is 0 Å². The average molecular weight is 141 g/mol. The van der Waals surface area contributed by atoms with Gasteiger partial charge in [-0.15, -0.1) is 5.73 Å². The number of nitrogens with zero attached hydrogens (tertiary/aromatic N) is 1. The standard InChI is InChI=1S/C7H11NO2/c1-5(4-9)3-6(2)7(8)10/h4-6H,3H2,1-2H3. The summed E-state index contributed by atoms with van der Waals surface area (Å²) in [5, 5.41) is 0. The van der Waals surface area contributed by atoms with Gasteiger partial charge >= 0.3 is 0 Å². The van der Waals surface area contributed by atoms with Crippen LogP contribution in [0.1, 0.15) is 20.3 Å². The predicted molar refractivity (Wildman–Crippen MR) is 36.1 cm³/mol. The second kappa shape index (κ2) is 4.04. The molecule has 0 saturated carbocycles. The minimum Gasteiger partial charge on any atom is -0.303 e. The molecule has 0 N–H and O–H groups in total. The number of carbonyl (C=O) groups is 2. The Hall–Kier alpha value is -0.860. The van der Waals surface area contributed by atoms with Crippen molar-refractivity contribution < 1.29 is 9.59 Å². The summed E-state index contributed by atoms with van der Waals surface area (Å²) in [4.78, 5) is 20.3. The Kier molecular flexibility index (Phi) is 3.69. The fraction of sp³-hybridized carbons (Fsp3) is 0.714. The zero-order valence-electron chi connectivity index (χ0n) is 6.20. The van der Waals surface area contributed by atoms with Gasteiger partial charge in [-0.25, -0.2) is 0 Å². The van der Waals surface area contributed by atoms with Crippen LogP contribution in [0, 0.1) is 11.8 Å². The van der Waals surface area contributed by atoms with Crippen LogP contribution < -0.4 is 5.73 Å². The largest absolute Gasteiger partial charge is 0.303 e. The molecule has 0 fully saturated rings. The normalized spacial score (nSPS) is 15.8. The highest BCUT2D eigenvalue weighted by molar-refractivity contribution is 5.75. The Morgan fingerprint density at radius 2 is 2.10 bits per heavy atom. The summed E-state index contributed by atoms with van der Waals surface area (Å²) in [5.74, 6) is -1.40. The second-order valence-electron chi connectivity index (χ2n) is 2.59. The fourth-order valence-electron chi connectivity index (χ4n) is 0.714. The molecule has 2 atom stereocenters. The molecular formula is C7H11NO2. The van der Waals surface area contributed by atoms with Gasteiger partial charge < -0.3 is 4.79 Å². The smallest absolute Gasteiger partial charge is 0.267 e. The third kappa shape index (κ3) is 3.22. The van der Waals surface area contributed by atoms with E-state index >= 15 is 0 Å². The lowest BCUT2D eigenvalue weighted by atomic mass is 9.98. The number of hydrogen-bond acceptors (Lipinski definition) is 2. The second-order valence-corrected chi connectivity index (χ2v) is 2.59. The van der Waals surface area contributed by atoms with Crippen LogP contribution in [0.4, 0.5) is 0 Å². The SMILES string of the molecule is CC(C=O)CC(C)C([N])=O. The molecule has 0 aromatic heterocycles. The molecule has 2 unspecified atom stereocenters. The van der Waals surface area contributed by atoms with E-state index in [0.717, 1.165) is 6.29 Å². The van der Waals surface area contributed by atoms with Gasteiger partial charge in [0.15, 0.2) is 0 Å². The maximum absolute atomic E-state index is 10.2. The van der Waals surface area contributed by atoms with Crippen molar-refractivity contribution in [2.75, 3.05) is 0 Å². The van der Waals surface area contributed by atoms with Crippen molar-refractivity contribution in [3.8, 4) is 0 Å². The van der Waals surface area contributed by atoms with Gasteiger partial charge in [0.25, 0.3) is 5.91 Å². The van der Waals surface area contributed by atoms with Crippen molar-refractivity contribution in [2.45, 2.75) is 20.3 Å². The Labute approximate surface area is 60.6 Å². The van der Waals surface area contributed by atoms with Crippen LogP contribution in [-0.4, -0.2) is 12.2 Å². The monoisotopic (exact) mass is 141 g/mol. The molecule has 2 radical (unpaired) electrons. The van der Waals surface area contributed by atoms with Gasteiger partial charge in [0.05, 0.1) is 0 Å². The summed E-state index contributed by atoms with van der Waals surface area (Å²) in [6, 6.07) is 0. The molecule has 3 nitrogen and oxygen atoms in total. The third-order valence-electron chi connectivity index (χ3n) is 1.38. The molecule has 0 aliphatic heterocycles. The molecule has 1 amide bonds. The van der Waals surface area contributed by atoms with E-state index < -0.39 is 11.8 Å². The van der Waals surface area contributed by atoms with Crippen LogP contribution in [0.15, 0.2) is 0 Å². The lowest BCUT2D eigenvalue weighted by molar-refractivity contribution is -0.122. The highest BCUT2D eigenvalue weighted by Crippen LogP contribution is 2.08. The molecule has 0 saturated heterocycles. The molecule has 0 spiro atoms. The van der Waals surface area contributed by atoms with Crippen LogP contribution in [0.5, 0.6) is 0 Å². The Bertz CT molecular complexity index is 134. The molecule has 0 heterocycles. The highest BCUT2D eigenvalue weighted by atomic mass is 16.1. The Morgan fingerprint density at radius 1 is 1.60 bits per heavy atom. The van der Waals surface area contributed by atoms with E-state index in [1.807, 2.05) is 0 Å². The molecule has 0 aromatic carbocycles. The summed E-state index contributed by atoms with van der Waals surface area (Å²) in [5.41, 5.74) is 8.41. The molecule has 0 aromatic rings. The van der Waals surface area contributed by atoms with Crippen molar-refractivity contribution in [2.24, 2.45) is 11.8 Å². The van der Waals surface area contributed by atoms with Gasteiger partial charge in [0, 0.05) is 11.8 Å². The van der Waals surface area contributed by atoms with Crippen molar-refractivity contribution in [3.63, 3.8) is 0 Å². The quantitative estimate of drug-likeness (QED) is 0.533. The summed E-state index contributed by atoms with van der Waals surface area (Å²) >= 11 is 0. The average Bonchev–Trinajstić information content (AvgIpc) is 1.87. The third-order valence-corrected chi connectivity index (χ3v) is 1.38. The van der Waals surface area contributed by atoms with Gasteiger partial charge in [-0.1, -0.05) is 13.8 Å². The van der Waals surface area contributed by atoms with Crippen LogP contribution in [0.3, 0.4) is 0 Å². The number of aldehydes is 1. The molecule has 10 heavy (non-hydrogen) atoms. The van der Waals surface area contributed by atoms with Gasteiger partial charge in [-0.3, -0.25) is 4.79 Å². The first kappa shape index (κ1) is 9.14. The van der Waals surface area contributed by atoms with E-state index in [-0.39, 0.29) is 5.92 Å². The lowest BCUT2D eigenvalue weighted by Gasteiger charge is -2.05. The number of amides is 1. The number of carbonyl (C=O) groups excluding carboxylic acids is 2. The predicted octanol–water partition coefficient (Wildman–Crippen LogP) is 0.443. The van der Waals surface area contributed by atoms with E-state index in [1.54, 1.807) is 13.8 Å². The van der Waals surface area contributed by atoms with Crippen molar-refractivity contribution >= 4 is 12.2 Å². The molecule has 0 rings (SSSR count).